The fourth-order valence-corrected chi connectivity index (χ4v) is 3.66. The number of piperidine rings is 1. The largest absolute Gasteiger partial charge is 0.363 e. The molecule has 19 heavy (non-hydrogen) atoms. The molecule has 3 atom stereocenters. The van der Waals surface area contributed by atoms with Crippen molar-refractivity contribution in [2.24, 2.45) is 5.92 Å². The average molecular weight is 287 g/mol. The maximum atomic E-state index is 11.6. The normalized spacial score (nSPS) is 32.4. The van der Waals surface area contributed by atoms with Gasteiger partial charge in [0, 0.05) is 13.1 Å². The highest BCUT2D eigenvalue weighted by Crippen LogP contribution is 2.40. The molecule has 0 radical (unpaired) electrons. The maximum absolute atomic E-state index is 11.6. The van der Waals surface area contributed by atoms with E-state index in [-0.39, 0.29) is 12.2 Å². The van der Waals surface area contributed by atoms with Crippen LogP contribution in [-0.4, -0.2) is 48.3 Å². The molecule has 0 N–H and O–H groups in total. The summed E-state index contributed by atoms with van der Waals surface area (Å²) in [4.78, 5) is 4.18. The van der Waals surface area contributed by atoms with Gasteiger partial charge < -0.3 is 9.26 Å². The molecule has 7 nitrogen and oxygen atoms in total. The molecule has 8 heteroatoms. The van der Waals surface area contributed by atoms with Gasteiger partial charge in [0.1, 0.15) is 6.10 Å². The Balaban J connectivity index is 1.71. The summed E-state index contributed by atoms with van der Waals surface area (Å²) >= 11 is 0. The van der Waals surface area contributed by atoms with Crippen molar-refractivity contribution in [2.75, 3.05) is 19.3 Å². The van der Waals surface area contributed by atoms with Crippen LogP contribution in [0.25, 0.3) is 0 Å². The summed E-state index contributed by atoms with van der Waals surface area (Å²) in [5.74, 6) is 1.46. The fraction of sp³-hybridized carbons (Fsp3) is 0.818. The molecule has 1 aromatic rings. The SMILES string of the molecule is Cc1noc([C@@H]2C[C@H]3CCN(S(C)(=O)=O)C[C@@H]3O2)n1. The summed E-state index contributed by atoms with van der Waals surface area (Å²) in [6.07, 6.45) is 2.61. The topological polar surface area (TPSA) is 85.5 Å². The summed E-state index contributed by atoms with van der Waals surface area (Å²) in [6.45, 7) is 2.76. The molecule has 2 saturated heterocycles. The van der Waals surface area contributed by atoms with Gasteiger partial charge in [-0.05, 0) is 25.7 Å². The molecule has 0 saturated carbocycles. The van der Waals surface area contributed by atoms with Crippen LogP contribution in [0.3, 0.4) is 0 Å². The first-order chi connectivity index (χ1) is 8.93. The van der Waals surface area contributed by atoms with Gasteiger partial charge in [0.2, 0.25) is 10.0 Å². The number of rotatable bonds is 2. The molecular weight excluding hydrogens is 270 g/mol. The second kappa shape index (κ2) is 4.53. The lowest BCUT2D eigenvalue weighted by atomic mass is 9.93. The first-order valence-electron chi connectivity index (χ1n) is 6.34. The molecule has 0 bridgehead atoms. The molecule has 0 amide bonds. The van der Waals surface area contributed by atoms with E-state index < -0.39 is 10.0 Å². The van der Waals surface area contributed by atoms with Crippen molar-refractivity contribution in [2.45, 2.75) is 32.0 Å². The zero-order chi connectivity index (χ0) is 13.6. The van der Waals surface area contributed by atoms with Gasteiger partial charge in [0.25, 0.3) is 5.89 Å². The van der Waals surface area contributed by atoms with Crippen LogP contribution in [0.5, 0.6) is 0 Å². The van der Waals surface area contributed by atoms with E-state index in [0.29, 0.717) is 30.7 Å². The highest BCUT2D eigenvalue weighted by atomic mass is 32.2. The highest BCUT2D eigenvalue weighted by molar-refractivity contribution is 7.88. The van der Waals surface area contributed by atoms with Crippen molar-refractivity contribution in [3.8, 4) is 0 Å². The van der Waals surface area contributed by atoms with Crippen LogP contribution in [0.15, 0.2) is 4.52 Å². The van der Waals surface area contributed by atoms with Crippen LogP contribution in [0.2, 0.25) is 0 Å². The Morgan fingerprint density at radius 1 is 1.42 bits per heavy atom. The minimum Gasteiger partial charge on any atom is -0.363 e. The smallest absolute Gasteiger partial charge is 0.255 e. The van der Waals surface area contributed by atoms with E-state index in [1.165, 1.54) is 10.6 Å². The lowest BCUT2D eigenvalue weighted by Gasteiger charge is -2.32. The Labute approximate surface area is 112 Å². The van der Waals surface area contributed by atoms with Crippen molar-refractivity contribution in [3.63, 3.8) is 0 Å². The third-order valence-corrected chi connectivity index (χ3v) is 5.07. The van der Waals surface area contributed by atoms with E-state index in [1.807, 2.05) is 0 Å². The monoisotopic (exact) mass is 287 g/mol. The van der Waals surface area contributed by atoms with Crippen LogP contribution in [0, 0.1) is 12.8 Å². The van der Waals surface area contributed by atoms with Crippen molar-refractivity contribution in [1.82, 2.24) is 14.4 Å². The number of ether oxygens (including phenoxy) is 1. The Morgan fingerprint density at radius 2 is 2.21 bits per heavy atom. The quantitative estimate of drug-likeness (QED) is 0.787. The number of hydrogen-bond acceptors (Lipinski definition) is 6. The number of aryl methyl sites for hydroxylation is 1. The predicted molar refractivity (Wildman–Crippen MR) is 65.8 cm³/mol. The molecule has 2 aliphatic rings. The van der Waals surface area contributed by atoms with E-state index in [0.717, 1.165) is 12.8 Å². The maximum Gasteiger partial charge on any atom is 0.255 e. The number of aromatic nitrogens is 2. The number of hydrogen-bond donors (Lipinski definition) is 0. The molecule has 2 fully saturated rings. The van der Waals surface area contributed by atoms with Crippen molar-refractivity contribution < 1.29 is 17.7 Å². The standard InChI is InChI=1S/C11H17N3O4S/c1-7-12-11(18-13-7)9-5-8-3-4-14(19(2,15)16)6-10(8)17-9/h8-10H,3-6H2,1-2H3/t8-,9+,10+/m1/s1. The Morgan fingerprint density at radius 3 is 2.84 bits per heavy atom. The summed E-state index contributed by atoms with van der Waals surface area (Å²) < 4.78 is 35.6. The second-order valence-electron chi connectivity index (χ2n) is 5.25. The van der Waals surface area contributed by atoms with Crippen LogP contribution in [0.4, 0.5) is 0 Å². The average Bonchev–Trinajstić information content (AvgIpc) is 2.92. The molecule has 1 aromatic heterocycles. The molecular formula is C11H17N3O4S. The van der Waals surface area contributed by atoms with E-state index in [9.17, 15) is 8.42 Å². The molecule has 3 heterocycles. The summed E-state index contributed by atoms with van der Waals surface area (Å²) in [7, 11) is -3.14. The highest BCUT2D eigenvalue weighted by Gasteiger charge is 2.43. The zero-order valence-corrected chi connectivity index (χ0v) is 11.8. The third-order valence-electron chi connectivity index (χ3n) is 3.80. The summed E-state index contributed by atoms with van der Waals surface area (Å²) in [6, 6.07) is 0. The van der Waals surface area contributed by atoms with Crippen LogP contribution >= 0.6 is 0 Å². The molecule has 0 aromatic carbocycles. The minimum absolute atomic E-state index is 0.0688. The van der Waals surface area contributed by atoms with Gasteiger partial charge in [-0.15, -0.1) is 0 Å². The fourth-order valence-electron chi connectivity index (χ4n) is 2.81. The van der Waals surface area contributed by atoms with Crippen molar-refractivity contribution in [1.29, 1.82) is 0 Å². The van der Waals surface area contributed by atoms with Gasteiger partial charge >= 0.3 is 0 Å². The molecule has 0 spiro atoms. The molecule has 3 rings (SSSR count). The van der Waals surface area contributed by atoms with Crippen molar-refractivity contribution >= 4 is 10.0 Å². The number of sulfonamides is 1. The Bertz CT molecular complexity index is 570. The zero-order valence-electron chi connectivity index (χ0n) is 10.9. The van der Waals surface area contributed by atoms with Crippen LogP contribution in [-0.2, 0) is 14.8 Å². The first kappa shape index (κ1) is 13.0. The summed E-state index contributed by atoms with van der Waals surface area (Å²) in [5.41, 5.74) is 0. The van der Waals surface area contributed by atoms with E-state index in [1.54, 1.807) is 6.92 Å². The van der Waals surface area contributed by atoms with Crippen molar-refractivity contribution in [3.05, 3.63) is 11.7 Å². The summed E-state index contributed by atoms with van der Waals surface area (Å²) in [5, 5.41) is 3.76. The predicted octanol–water partition coefficient (Wildman–Crippen LogP) is 0.490. The number of fused-ring (bicyclic) bond motifs is 1. The minimum atomic E-state index is -3.14. The third kappa shape index (κ3) is 2.52. The number of nitrogens with zero attached hydrogens (tertiary/aromatic N) is 3. The lowest BCUT2D eigenvalue weighted by molar-refractivity contribution is -0.00193. The van der Waals surface area contributed by atoms with Crippen LogP contribution < -0.4 is 0 Å². The lowest BCUT2D eigenvalue weighted by Crippen LogP contribution is -2.44. The first-order valence-corrected chi connectivity index (χ1v) is 8.19. The molecule has 106 valence electrons. The van der Waals surface area contributed by atoms with Crippen LogP contribution in [0.1, 0.15) is 30.7 Å². The van der Waals surface area contributed by atoms with Gasteiger partial charge in [-0.3, -0.25) is 0 Å². The Kier molecular flexibility index (Phi) is 3.11. The van der Waals surface area contributed by atoms with Gasteiger partial charge in [-0.2, -0.15) is 9.29 Å². The van der Waals surface area contributed by atoms with Gasteiger partial charge in [0.15, 0.2) is 5.82 Å². The van der Waals surface area contributed by atoms with E-state index in [2.05, 4.69) is 10.1 Å². The Hall–Kier alpha value is -0.990. The van der Waals surface area contributed by atoms with E-state index in [4.69, 9.17) is 9.26 Å². The van der Waals surface area contributed by atoms with E-state index >= 15 is 0 Å². The second-order valence-corrected chi connectivity index (χ2v) is 7.23. The molecule has 0 unspecified atom stereocenters. The molecule has 2 aliphatic heterocycles. The van der Waals surface area contributed by atoms with Gasteiger partial charge in [-0.1, -0.05) is 5.16 Å². The van der Waals surface area contributed by atoms with Gasteiger partial charge in [0.05, 0.1) is 12.4 Å². The van der Waals surface area contributed by atoms with Gasteiger partial charge in [-0.25, -0.2) is 8.42 Å². The molecule has 0 aliphatic carbocycles.